The summed E-state index contributed by atoms with van der Waals surface area (Å²) in [5, 5.41) is 18.2. The number of benzene rings is 1. The first kappa shape index (κ1) is 13.1. The fourth-order valence-corrected chi connectivity index (χ4v) is 2.41. The molecule has 1 rings (SSSR count). The van der Waals surface area contributed by atoms with E-state index in [1.54, 1.807) is 11.8 Å². The van der Waals surface area contributed by atoms with E-state index in [2.05, 4.69) is 6.92 Å². The predicted molar refractivity (Wildman–Crippen MR) is 67.3 cm³/mol. The van der Waals surface area contributed by atoms with Crippen molar-refractivity contribution in [1.82, 2.24) is 0 Å². The average Bonchev–Trinajstić information content (AvgIpc) is 2.30. The van der Waals surface area contributed by atoms with Gasteiger partial charge in [0.05, 0.1) is 18.6 Å². The minimum absolute atomic E-state index is 0.156. The van der Waals surface area contributed by atoms with Crippen LogP contribution in [0.4, 0.5) is 0 Å². The molecule has 0 bridgehead atoms. The number of rotatable bonds is 6. The Balaban J connectivity index is 2.60. The molecule has 1 atom stereocenters. The monoisotopic (exact) mass is 235 g/mol. The van der Waals surface area contributed by atoms with E-state index in [-0.39, 0.29) is 6.42 Å². The second-order valence-corrected chi connectivity index (χ2v) is 4.82. The van der Waals surface area contributed by atoms with Gasteiger partial charge in [0.15, 0.2) is 0 Å². The number of nitriles is 1. The number of hydrogen-bond acceptors (Lipinski definition) is 3. The van der Waals surface area contributed by atoms with Crippen LogP contribution >= 0.6 is 11.8 Å². The Kier molecular flexibility index (Phi) is 5.99. The molecule has 0 fully saturated rings. The maximum absolute atomic E-state index is 9.68. The highest BCUT2D eigenvalue weighted by Gasteiger charge is 2.07. The van der Waals surface area contributed by atoms with Crippen molar-refractivity contribution < 1.29 is 5.11 Å². The van der Waals surface area contributed by atoms with Gasteiger partial charge < -0.3 is 5.11 Å². The predicted octanol–water partition coefficient (Wildman–Crippen LogP) is 3.53. The van der Waals surface area contributed by atoms with Crippen LogP contribution < -0.4 is 0 Å². The first-order chi connectivity index (χ1) is 7.77. The summed E-state index contributed by atoms with van der Waals surface area (Å²) in [6.45, 7) is 2.17. The van der Waals surface area contributed by atoms with Crippen molar-refractivity contribution in [2.45, 2.75) is 37.2 Å². The van der Waals surface area contributed by atoms with E-state index in [1.807, 2.05) is 30.3 Å². The molecule has 0 saturated carbocycles. The number of aliphatic hydroxyl groups is 1. The fourth-order valence-electron chi connectivity index (χ4n) is 1.35. The SMILES string of the molecule is CCCCSc1cccc(C(O)CC#N)c1. The van der Waals surface area contributed by atoms with Gasteiger partial charge in [0.1, 0.15) is 0 Å². The topological polar surface area (TPSA) is 44.0 Å². The Bertz CT molecular complexity index is 359. The minimum Gasteiger partial charge on any atom is -0.387 e. The van der Waals surface area contributed by atoms with Gasteiger partial charge in [-0.15, -0.1) is 11.8 Å². The van der Waals surface area contributed by atoms with E-state index in [1.165, 1.54) is 17.7 Å². The van der Waals surface area contributed by atoms with Gasteiger partial charge in [0, 0.05) is 4.90 Å². The van der Waals surface area contributed by atoms with Crippen LogP contribution in [0, 0.1) is 11.3 Å². The molecular formula is C13H17NOS. The second-order valence-electron chi connectivity index (χ2n) is 3.65. The van der Waals surface area contributed by atoms with Gasteiger partial charge in [-0.3, -0.25) is 0 Å². The van der Waals surface area contributed by atoms with Gasteiger partial charge in [-0.05, 0) is 29.9 Å². The van der Waals surface area contributed by atoms with Crippen LogP contribution in [0.25, 0.3) is 0 Å². The summed E-state index contributed by atoms with van der Waals surface area (Å²) in [7, 11) is 0. The first-order valence-electron chi connectivity index (χ1n) is 5.55. The maximum Gasteiger partial charge on any atom is 0.0920 e. The zero-order valence-corrected chi connectivity index (χ0v) is 10.3. The highest BCUT2D eigenvalue weighted by atomic mass is 32.2. The minimum atomic E-state index is -0.656. The molecule has 0 aliphatic rings. The molecular weight excluding hydrogens is 218 g/mol. The molecule has 0 amide bonds. The smallest absolute Gasteiger partial charge is 0.0920 e. The Labute approximate surface area is 101 Å². The van der Waals surface area contributed by atoms with E-state index >= 15 is 0 Å². The number of aliphatic hydroxyl groups excluding tert-OH is 1. The third-order valence-corrected chi connectivity index (χ3v) is 3.37. The van der Waals surface area contributed by atoms with Crippen molar-refractivity contribution in [1.29, 1.82) is 5.26 Å². The summed E-state index contributed by atoms with van der Waals surface area (Å²) in [5.41, 5.74) is 0.836. The largest absolute Gasteiger partial charge is 0.387 e. The van der Waals surface area contributed by atoms with Gasteiger partial charge in [0.25, 0.3) is 0 Å². The van der Waals surface area contributed by atoms with Crippen LogP contribution in [0.3, 0.4) is 0 Å². The van der Waals surface area contributed by atoms with Gasteiger partial charge in [-0.2, -0.15) is 5.26 Å². The van der Waals surface area contributed by atoms with Crippen LogP contribution in [0.1, 0.15) is 37.9 Å². The molecule has 86 valence electrons. The molecule has 0 saturated heterocycles. The van der Waals surface area contributed by atoms with Gasteiger partial charge in [0.2, 0.25) is 0 Å². The third-order valence-electron chi connectivity index (χ3n) is 2.29. The molecule has 1 N–H and O–H groups in total. The molecule has 0 aliphatic carbocycles. The summed E-state index contributed by atoms with van der Waals surface area (Å²) in [4.78, 5) is 1.17. The average molecular weight is 235 g/mol. The molecule has 16 heavy (non-hydrogen) atoms. The molecule has 0 spiro atoms. The Morgan fingerprint density at radius 3 is 3.00 bits per heavy atom. The maximum atomic E-state index is 9.68. The van der Waals surface area contributed by atoms with Crippen LogP contribution in [0.5, 0.6) is 0 Å². The van der Waals surface area contributed by atoms with E-state index in [0.717, 1.165) is 11.3 Å². The lowest BCUT2D eigenvalue weighted by atomic mass is 10.1. The lowest BCUT2D eigenvalue weighted by Gasteiger charge is -2.08. The van der Waals surface area contributed by atoms with Crippen LogP contribution in [0.15, 0.2) is 29.2 Å². The molecule has 1 aromatic rings. The van der Waals surface area contributed by atoms with Gasteiger partial charge in [-0.25, -0.2) is 0 Å². The van der Waals surface area contributed by atoms with Crippen molar-refractivity contribution in [3.8, 4) is 6.07 Å². The van der Waals surface area contributed by atoms with E-state index in [9.17, 15) is 5.11 Å². The summed E-state index contributed by atoms with van der Waals surface area (Å²) >= 11 is 1.80. The van der Waals surface area contributed by atoms with Crippen molar-refractivity contribution >= 4 is 11.8 Å². The molecule has 0 heterocycles. The first-order valence-corrected chi connectivity index (χ1v) is 6.54. The Morgan fingerprint density at radius 1 is 1.50 bits per heavy atom. The summed E-state index contributed by atoms with van der Waals surface area (Å²) in [6.07, 6.45) is 1.90. The molecule has 3 heteroatoms. The number of nitrogens with zero attached hydrogens (tertiary/aromatic N) is 1. The Morgan fingerprint density at radius 2 is 2.31 bits per heavy atom. The van der Waals surface area contributed by atoms with Crippen molar-refractivity contribution in [2.75, 3.05) is 5.75 Å². The highest BCUT2D eigenvalue weighted by molar-refractivity contribution is 7.99. The zero-order valence-electron chi connectivity index (χ0n) is 9.52. The van der Waals surface area contributed by atoms with E-state index < -0.39 is 6.10 Å². The third kappa shape index (κ3) is 4.26. The molecule has 0 radical (unpaired) electrons. The summed E-state index contributed by atoms with van der Waals surface area (Å²) < 4.78 is 0. The number of unbranched alkanes of at least 4 members (excludes halogenated alkanes) is 1. The van der Waals surface area contributed by atoms with Crippen LogP contribution in [0.2, 0.25) is 0 Å². The molecule has 0 aromatic heterocycles. The van der Waals surface area contributed by atoms with Crippen molar-refractivity contribution in [3.63, 3.8) is 0 Å². The summed E-state index contributed by atoms with van der Waals surface area (Å²) in [6, 6.07) is 9.80. The molecule has 1 unspecified atom stereocenters. The molecule has 0 aliphatic heterocycles. The van der Waals surface area contributed by atoms with Crippen molar-refractivity contribution in [2.24, 2.45) is 0 Å². The van der Waals surface area contributed by atoms with E-state index in [0.29, 0.717) is 0 Å². The second kappa shape index (κ2) is 7.32. The number of thioether (sulfide) groups is 1. The lowest BCUT2D eigenvalue weighted by molar-refractivity contribution is 0.183. The summed E-state index contributed by atoms with van der Waals surface area (Å²) in [5.74, 6) is 1.11. The standard InChI is InChI=1S/C13H17NOS/c1-2-3-9-16-12-6-4-5-11(10-12)13(15)7-8-14/h4-6,10,13,15H,2-3,7,9H2,1H3. The quantitative estimate of drug-likeness (QED) is 0.606. The van der Waals surface area contributed by atoms with Crippen LogP contribution in [-0.2, 0) is 0 Å². The van der Waals surface area contributed by atoms with Crippen molar-refractivity contribution in [3.05, 3.63) is 29.8 Å². The normalized spacial score (nSPS) is 12.1. The van der Waals surface area contributed by atoms with Gasteiger partial charge in [-0.1, -0.05) is 25.5 Å². The van der Waals surface area contributed by atoms with Crippen LogP contribution in [-0.4, -0.2) is 10.9 Å². The zero-order chi connectivity index (χ0) is 11.8. The molecule has 2 nitrogen and oxygen atoms in total. The Hall–Kier alpha value is -0.980. The van der Waals surface area contributed by atoms with Gasteiger partial charge >= 0.3 is 0 Å². The molecule has 1 aromatic carbocycles. The lowest BCUT2D eigenvalue weighted by Crippen LogP contribution is -1.95. The highest BCUT2D eigenvalue weighted by Crippen LogP contribution is 2.24. The fraction of sp³-hybridized carbons (Fsp3) is 0.462. The van der Waals surface area contributed by atoms with E-state index in [4.69, 9.17) is 5.26 Å². The number of hydrogen-bond donors (Lipinski definition) is 1.